The molecule has 0 atom stereocenters. The Kier molecular flexibility index (Phi) is 5.34. The molecule has 0 aliphatic carbocycles. The second-order valence-corrected chi connectivity index (χ2v) is 7.73. The van der Waals surface area contributed by atoms with Crippen LogP contribution in [0.2, 0.25) is 0 Å². The molecule has 2 aromatic carbocycles. The summed E-state index contributed by atoms with van der Waals surface area (Å²) in [6.45, 7) is 1.66. The third kappa shape index (κ3) is 4.16. The average Bonchev–Trinajstić information content (AvgIpc) is 3.06. The van der Waals surface area contributed by atoms with Crippen molar-refractivity contribution >= 4 is 17.7 Å². The topological polar surface area (TPSA) is 77.9 Å². The summed E-state index contributed by atoms with van der Waals surface area (Å²) in [6, 6.07) is 14.5. The number of nitrogens with zero attached hydrogens (tertiary/aromatic N) is 2. The van der Waals surface area contributed by atoms with Crippen LogP contribution in [-0.2, 0) is 16.1 Å². The Morgan fingerprint density at radius 1 is 0.897 bits per heavy atom. The molecule has 1 N–H and O–H groups in total. The summed E-state index contributed by atoms with van der Waals surface area (Å²) in [4.78, 5) is 39.5. The molecule has 0 spiro atoms. The number of carbonyl (C=O) groups excluding carboxylic acids is 3. The van der Waals surface area contributed by atoms with Gasteiger partial charge in [0, 0.05) is 31.5 Å². The lowest BCUT2D eigenvalue weighted by Gasteiger charge is -2.32. The van der Waals surface area contributed by atoms with Crippen molar-refractivity contribution in [3.8, 4) is 5.75 Å². The molecular formula is C23H24N2O4. The number of amides is 3. The van der Waals surface area contributed by atoms with Gasteiger partial charge < -0.3 is 10.0 Å². The van der Waals surface area contributed by atoms with E-state index in [4.69, 9.17) is 0 Å². The predicted octanol–water partition coefficient (Wildman–Crippen LogP) is 3.06. The number of piperidine rings is 1. The highest BCUT2D eigenvalue weighted by Crippen LogP contribution is 2.29. The minimum atomic E-state index is -0.133. The number of hydrogen-bond acceptors (Lipinski definition) is 4. The quantitative estimate of drug-likeness (QED) is 0.812. The Labute approximate surface area is 169 Å². The van der Waals surface area contributed by atoms with Gasteiger partial charge >= 0.3 is 0 Å². The van der Waals surface area contributed by atoms with E-state index in [2.05, 4.69) is 0 Å². The van der Waals surface area contributed by atoms with Crippen LogP contribution in [0.15, 0.2) is 48.5 Å². The van der Waals surface area contributed by atoms with Crippen LogP contribution < -0.4 is 0 Å². The van der Waals surface area contributed by atoms with Gasteiger partial charge in [-0.25, -0.2) is 0 Å². The maximum Gasteiger partial charge on any atom is 0.253 e. The van der Waals surface area contributed by atoms with Crippen molar-refractivity contribution in [3.05, 3.63) is 65.2 Å². The Morgan fingerprint density at radius 2 is 1.48 bits per heavy atom. The van der Waals surface area contributed by atoms with Crippen LogP contribution in [0.4, 0.5) is 0 Å². The molecule has 0 aromatic heterocycles. The zero-order chi connectivity index (χ0) is 20.4. The van der Waals surface area contributed by atoms with Gasteiger partial charge in [-0.05, 0) is 54.2 Å². The molecule has 2 aliphatic heterocycles. The van der Waals surface area contributed by atoms with Gasteiger partial charge in [-0.1, -0.05) is 24.3 Å². The van der Waals surface area contributed by atoms with Crippen molar-refractivity contribution in [2.24, 2.45) is 0 Å². The fourth-order valence-corrected chi connectivity index (χ4v) is 4.08. The largest absolute Gasteiger partial charge is 0.508 e. The number of hydrogen-bond donors (Lipinski definition) is 1. The Balaban J connectivity index is 1.34. The lowest BCUT2D eigenvalue weighted by Crippen LogP contribution is -2.37. The highest BCUT2D eigenvalue weighted by Gasteiger charge is 2.29. The summed E-state index contributed by atoms with van der Waals surface area (Å²) in [7, 11) is 0. The molecule has 4 rings (SSSR count). The van der Waals surface area contributed by atoms with Crippen molar-refractivity contribution in [2.45, 2.75) is 38.1 Å². The van der Waals surface area contributed by atoms with Crippen LogP contribution in [0.5, 0.6) is 5.75 Å². The number of imide groups is 1. The van der Waals surface area contributed by atoms with E-state index in [9.17, 15) is 19.5 Å². The number of phenolic OH excluding ortho intramolecular Hbond substituents is 1. The second-order valence-electron chi connectivity index (χ2n) is 7.73. The maximum absolute atomic E-state index is 12.8. The number of rotatable bonds is 4. The molecule has 2 fully saturated rings. The van der Waals surface area contributed by atoms with Gasteiger partial charge in [0.25, 0.3) is 5.91 Å². The summed E-state index contributed by atoms with van der Waals surface area (Å²) in [5, 5.41) is 9.43. The highest BCUT2D eigenvalue weighted by molar-refractivity contribution is 6.01. The molecule has 0 radical (unpaired) electrons. The zero-order valence-electron chi connectivity index (χ0n) is 16.2. The van der Waals surface area contributed by atoms with Crippen LogP contribution in [0, 0.1) is 0 Å². The van der Waals surface area contributed by atoms with Gasteiger partial charge in [0.1, 0.15) is 5.75 Å². The molecule has 2 aliphatic rings. The summed E-state index contributed by atoms with van der Waals surface area (Å²) in [5.41, 5.74) is 2.66. The smallest absolute Gasteiger partial charge is 0.253 e. The monoisotopic (exact) mass is 392 g/mol. The van der Waals surface area contributed by atoms with E-state index in [1.54, 1.807) is 24.3 Å². The minimum Gasteiger partial charge on any atom is -0.508 e. The van der Waals surface area contributed by atoms with Crippen molar-refractivity contribution < 1.29 is 19.5 Å². The molecular weight excluding hydrogens is 368 g/mol. The lowest BCUT2D eigenvalue weighted by atomic mass is 9.89. The van der Waals surface area contributed by atoms with Gasteiger partial charge in [0.2, 0.25) is 11.8 Å². The zero-order valence-corrected chi connectivity index (χ0v) is 16.2. The van der Waals surface area contributed by atoms with Crippen LogP contribution in [0.3, 0.4) is 0 Å². The first kappa shape index (κ1) is 19.2. The van der Waals surface area contributed by atoms with E-state index < -0.39 is 0 Å². The van der Waals surface area contributed by atoms with E-state index in [-0.39, 0.29) is 42.9 Å². The molecule has 6 nitrogen and oxygen atoms in total. The molecule has 6 heteroatoms. The molecule has 0 unspecified atom stereocenters. The van der Waals surface area contributed by atoms with Gasteiger partial charge in [-0.2, -0.15) is 0 Å². The van der Waals surface area contributed by atoms with Gasteiger partial charge in [0.15, 0.2) is 0 Å². The van der Waals surface area contributed by atoms with Gasteiger partial charge in [0.05, 0.1) is 6.54 Å². The minimum absolute atomic E-state index is 0.00836. The molecule has 0 bridgehead atoms. The van der Waals surface area contributed by atoms with Crippen molar-refractivity contribution in [1.29, 1.82) is 0 Å². The summed E-state index contributed by atoms with van der Waals surface area (Å²) in [5.74, 6) is 0.410. The first-order chi connectivity index (χ1) is 14.0. The molecule has 3 amide bonds. The summed E-state index contributed by atoms with van der Waals surface area (Å²) < 4.78 is 0. The molecule has 0 saturated carbocycles. The number of carbonyl (C=O) groups is 3. The van der Waals surface area contributed by atoms with Crippen molar-refractivity contribution in [3.63, 3.8) is 0 Å². The summed E-state index contributed by atoms with van der Waals surface area (Å²) >= 11 is 0. The Morgan fingerprint density at radius 3 is 2.07 bits per heavy atom. The van der Waals surface area contributed by atoms with Crippen molar-refractivity contribution in [1.82, 2.24) is 9.80 Å². The third-order valence-electron chi connectivity index (χ3n) is 5.84. The first-order valence-corrected chi connectivity index (χ1v) is 10.0. The number of phenols is 1. The van der Waals surface area contributed by atoms with Gasteiger partial charge in [-0.3, -0.25) is 19.3 Å². The van der Waals surface area contributed by atoms with E-state index in [0.717, 1.165) is 18.4 Å². The average molecular weight is 392 g/mol. The number of benzene rings is 2. The maximum atomic E-state index is 12.8. The molecule has 29 heavy (non-hydrogen) atoms. The molecule has 150 valence electrons. The Hall–Kier alpha value is -3.15. The third-order valence-corrected chi connectivity index (χ3v) is 5.84. The van der Waals surface area contributed by atoms with Crippen molar-refractivity contribution in [2.75, 3.05) is 13.1 Å². The fraction of sp³-hybridized carbons (Fsp3) is 0.348. The Bertz CT molecular complexity index is 897. The lowest BCUT2D eigenvalue weighted by molar-refractivity contribution is -0.139. The van der Waals surface area contributed by atoms with E-state index in [1.165, 1.54) is 10.5 Å². The molecule has 2 heterocycles. The SMILES string of the molecule is O=C(c1ccc(CN2C(=O)CCC2=O)cc1)N1CCC(c2ccc(O)cc2)CC1. The van der Waals surface area contributed by atoms with E-state index in [0.29, 0.717) is 24.6 Å². The fourth-order valence-electron chi connectivity index (χ4n) is 4.08. The van der Waals surface area contributed by atoms with Crippen LogP contribution in [-0.4, -0.2) is 45.7 Å². The van der Waals surface area contributed by atoms with Gasteiger partial charge in [-0.15, -0.1) is 0 Å². The standard InChI is InChI=1S/C23H24N2O4/c26-20-7-5-17(6-8-20)18-11-13-24(14-12-18)23(29)19-3-1-16(2-4-19)15-25-21(27)9-10-22(25)28/h1-8,18,26H,9-15H2. The van der Waals surface area contributed by atoms with E-state index >= 15 is 0 Å². The molecule has 2 aromatic rings. The van der Waals surface area contributed by atoms with Crippen LogP contribution >= 0.6 is 0 Å². The predicted molar refractivity (Wildman–Crippen MR) is 107 cm³/mol. The van der Waals surface area contributed by atoms with E-state index in [1.807, 2.05) is 29.2 Å². The normalized spacial score (nSPS) is 17.8. The van der Waals surface area contributed by atoms with Crippen LogP contribution in [0.1, 0.15) is 53.1 Å². The second kappa shape index (κ2) is 8.07. The highest BCUT2D eigenvalue weighted by atomic mass is 16.3. The first-order valence-electron chi connectivity index (χ1n) is 10.0. The summed E-state index contributed by atoms with van der Waals surface area (Å²) in [6.07, 6.45) is 2.37. The number of aromatic hydroxyl groups is 1. The number of likely N-dealkylation sites (tertiary alicyclic amines) is 2. The molecule has 2 saturated heterocycles. The van der Waals surface area contributed by atoms with Crippen LogP contribution in [0.25, 0.3) is 0 Å².